The van der Waals surface area contributed by atoms with Gasteiger partial charge in [0.05, 0.1) is 0 Å². The molecule has 2 unspecified atom stereocenters. The van der Waals surface area contributed by atoms with Crippen LogP contribution in [0.15, 0.2) is 24.3 Å². The van der Waals surface area contributed by atoms with Crippen LogP contribution < -0.4 is 10.1 Å². The van der Waals surface area contributed by atoms with E-state index in [1.807, 2.05) is 12.1 Å². The summed E-state index contributed by atoms with van der Waals surface area (Å²) in [5, 5.41) is 3.55. The number of benzene rings is 1. The van der Waals surface area contributed by atoms with Crippen molar-refractivity contribution in [3.05, 3.63) is 24.3 Å². The maximum absolute atomic E-state index is 12.1. The first kappa shape index (κ1) is 15.1. The molecule has 1 fully saturated rings. The van der Waals surface area contributed by atoms with Crippen molar-refractivity contribution >= 4 is 5.69 Å². The third kappa shape index (κ3) is 4.09. The van der Waals surface area contributed by atoms with Crippen LogP contribution in [0.5, 0.6) is 5.75 Å². The van der Waals surface area contributed by atoms with E-state index in [0.29, 0.717) is 17.9 Å². The van der Waals surface area contributed by atoms with E-state index in [0.717, 1.165) is 5.69 Å². The molecule has 2 rings (SSSR count). The van der Waals surface area contributed by atoms with Crippen LogP contribution in [0.1, 0.15) is 39.5 Å². The average Bonchev–Trinajstić information content (AvgIpc) is 2.41. The highest BCUT2D eigenvalue weighted by Crippen LogP contribution is 2.32. The Kier molecular flexibility index (Phi) is 5.21. The van der Waals surface area contributed by atoms with E-state index in [2.05, 4.69) is 23.9 Å². The third-order valence-corrected chi connectivity index (χ3v) is 4.11. The molecule has 2 nitrogen and oxygen atoms in total. The number of rotatable bonds is 5. The lowest BCUT2D eigenvalue weighted by atomic mass is 9.78. The summed E-state index contributed by atoms with van der Waals surface area (Å²) in [6, 6.07) is 7.27. The highest BCUT2D eigenvalue weighted by molar-refractivity contribution is 5.47. The molecule has 0 saturated heterocycles. The largest absolute Gasteiger partial charge is 0.435 e. The molecule has 0 radical (unpaired) electrons. The van der Waals surface area contributed by atoms with Crippen molar-refractivity contribution in [2.24, 2.45) is 11.8 Å². The molecule has 1 saturated carbocycles. The zero-order valence-corrected chi connectivity index (χ0v) is 12.1. The molecule has 0 bridgehead atoms. The summed E-state index contributed by atoms with van der Waals surface area (Å²) in [5.41, 5.74) is 0.976. The van der Waals surface area contributed by atoms with E-state index in [4.69, 9.17) is 0 Å². The molecule has 112 valence electrons. The van der Waals surface area contributed by atoms with Crippen LogP contribution >= 0.6 is 0 Å². The van der Waals surface area contributed by atoms with Gasteiger partial charge in [-0.05, 0) is 48.9 Å². The normalized spacial score (nSPS) is 23.1. The van der Waals surface area contributed by atoms with Crippen molar-refractivity contribution in [2.45, 2.75) is 52.2 Å². The van der Waals surface area contributed by atoms with Gasteiger partial charge in [-0.3, -0.25) is 0 Å². The molecule has 0 aliphatic heterocycles. The number of anilines is 1. The first-order chi connectivity index (χ1) is 9.56. The van der Waals surface area contributed by atoms with Crippen molar-refractivity contribution in [1.82, 2.24) is 0 Å². The molecule has 1 aliphatic carbocycles. The number of hydrogen-bond acceptors (Lipinski definition) is 2. The fourth-order valence-corrected chi connectivity index (χ4v) is 3.08. The number of hydrogen-bond donors (Lipinski definition) is 1. The summed E-state index contributed by atoms with van der Waals surface area (Å²) in [6.45, 7) is 1.77. The van der Waals surface area contributed by atoms with Crippen molar-refractivity contribution in [3.63, 3.8) is 0 Å². The van der Waals surface area contributed by atoms with Crippen LogP contribution in [0.4, 0.5) is 14.5 Å². The zero-order chi connectivity index (χ0) is 14.5. The van der Waals surface area contributed by atoms with Gasteiger partial charge in [-0.2, -0.15) is 8.78 Å². The molecule has 1 aromatic carbocycles. The second kappa shape index (κ2) is 6.91. The standard InChI is InChI=1S/C16H23F2NO/c1-11(2)14-5-3-4-6-15(14)19-12-7-9-13(10-8-12)20-16(17)18/h7-11,14-16,19H,3-6H2,1-2H3. The van der Waals surface area contributed by atoms with Crippen molar-refractivity contribution < 1.29 is 13.5 Å². The van der Waals surface area contributed by atoms with Gasteiger partial charge in [0, 0.05) is 11.7 Å². The van der Waals surface area contributed by atoms with Crippen LogP contribution in [0.3, 0.4) is 0 Å². The maximum Gasteiger partial charge on any atom is 0.387 e. The van der Waals surface area contributed by atoms with Crippen molar-refractivity contribution in [3.8, 4) is 5.75 Å². The monoisotopic (exact) mass is 283 g/mol. The Labute approximate surface area is 119 Å². The van der Waals surface area contributed by atoms with E-state index < -0.39 is 6.61 Å². The Balaban J connectivity index is 1.97. The van der Waals surface area contributed by atoms with Gasteiger partial charge in [0.25, 0.3) is 0 Å². The highest BCUT2D eigenvalue weighted by Gasteiger charge is 2.27. The van der Waals surface area contributed by atoms with Gasteiger partial charge in [0.2, 0.25) is 0 Å². The Morgan fingerprint density at radius 1 is 1.10 bits per heavy atom. The molecule has 0 heterocycles. The minimum absolute atomic E-state index is 0.203. The van der Waals surface area contributed by atoms with Crippen LogP contribution in [-0.4, -0.2) is 12.7 Å². The van der Waals surface area contributed by atoms with Gasteiger partial charge < -0.3 is 10.1 Å². The van der Waals surface area contributed by atoms with Gasteiger partial charge in [-0.25, -0.2) is 0 Å². The predicted molar refractivity (Wildman–Crippen MR) is 77.3 cm³/mol. The number of halogens is 2. The molecule has 1 aromatic rings. The van der Waals surface area contributed by atoms with Crippen LogP contribution in [0, 0.1) is 11.8 Å². The second-order valence-electron chi connectivity index (χ2n) is 5.85. The number of alkyl halides is 2. The van der Waals surface area contributed by atoms with E-state index in [-0.39, 0.29) is 5.75 Å². The number of ether oxygens (including phenoxy) is 1. The number of nitrogens with one attached hydrogen (secondary N) is 1. The second-order valence-corrected chi connectivity index (χ2v) is 5.85. The molecule has 0 amide bonds. The lowest BCUT2D eigenvalue weighted by Crippen LogP contribution is -2.35. The minimum Gasteiger partial charge on any atom is -0.435 e. The summed E-state index contributed by atoms with van der Waals surface area (Å²) in [4.78, 5) is 0. The Morgan fingerprint density at radius 2 is 1.75 bits per heavy atom. The SMILES string of the molecule is CC(C)C1CCCCC1Nc1ccc(OC(F)F)cc1. The summed E-state index contributed by atoms with van der Waals surface area (Å²) in [6.07, 6.45) is 5.01. The highest BCUT2D eigenvalue weighted by atomic mass is 19.3. The Bertz CT molecular complexity index is 405. The Hall–Kier alpha value is -1.32. The fourth-order valence-electron chi connectivity index (χ4n) is 3.08. The van der Waals surface area contributed by atoms with Crippen LogP contribution in [0.25, 0.3) is 0 Å². The molecule has 20 heavy (non-hydrogen) atoms. The summed E-state index contributed by atoms with van der Waals surface area (Å²) < 4.78 is 28.5. The smallest absolute Gasteiger partial charge is 0.387 e. The lowest BCUT2D eigenvalue weighted by Gasteiger charge is -2.35. The maximum atomic E-state index is 12.1. The first-order valence-corrected chi connectivity index (χ1v) is 7.37. The van der Waals surface area contributed by atoms with E-state index in [1.165, 1.54) is 25.7 Å². The molecular weight excluding hydrogens is 260 g/mol. The van der Waals surface area contributed by atoms with E-state index >= 15 is 0 Å². The topological polar surface area (TPSA) is 21.3 Å². The van der Waals surface area contributed by atoms with Gasteiger partial charge in [0.15, 0.2) is 0 Å². The molecular formula is C16H23F2NO. The quantitative estimate of drug-likeness (QED) is 0.828. The molecule has 2 atom stereocenters. The van der Waals surface area contributed by atoms with Gasteiger partial charge in [0.1, 0.15) is 5.75 Å². The third-order valence-electron chi connectivity index (χ3n) is 4.11. The van der Waals surface area contributed by atoms with E-state index in [1.54, 1.807) is 12.1 Å². The summed E-state index contributed by atoms with van der Waals surface area (Å²) in [5.74, 6) is 1.55. The molecule has 0 spiro atoms. The minimum atomic E-state index is -2.77. The van der Waals surface area contributed by atoms with Gasteiger partial charge in [-0.1, -0.05) is 26.7 Å². The lowest BCUT2D eigenvalue weighted by molar-refractivity contribution is -0.0498. The van der Waals surface area contributed by atoms with E-state index in [9.17, 15) is 8.78 Å². The molecule has 0 aromatic heterocycles. The molecule has 1 N–H and O–H groups in total. The molecule has 1 aliphatic rings. The van der Waals surface area contributed by atoms with Gasteiger partial charge in [-0.15, -0.1) is 0 Å². The predicted octanol–water partition coefficient (Wildman–Crippen LogP) is 4.91. The van der Waals surface area contributed by atoms with Crippen LogP contribution in [0.2, 0.25) is 0 Å². The van der Waals surface area contributed by atoms with Crippen LogP contribution in [-0.2, 0) is 0 Å². The van der Waals surface area contributed by atoms with Crippen molar-refractivity contribution in [1.29, 1.82) is 0 Å². The fraction of sp³-hybridized carbons (Fsp3) is 0.625. The Morgan fingerprint density at radius 3 is 2.35 bits per heavy atom. The summed E-state index contributed by atoms with van der Waals surface area (Å²) in [7, 11) is 0. The first-order valence-electron chi connectivity index (χ1n) is 7.37. The summed E-state index contributed by atoms with van der Waals surface area (Å²) >= 11 is 0. The van der Waals surface area contributed by atoms with Crippen molar-refractivity contribution in [2.75, 3.05) is 5.32 Å². The average molecular weight is 283 g/mol. The van der Waals surface area contributed by atoms with Gasteiger partial charge >= 0.3 is 6.61 Å². The zero-order valence-electron chi connectivity index (χ0n) is 12.1. The molecule has 4 heteroatoms.